The van der Waals surface area contributed by atoms with E-state index in [1.54, 1.807) is 12.1 Å². The van der Waals surface area contributed by atoms with Crippen molar-refractivity contribution in [3.8, 4) is 11.5 Å². The highest BCUT2D eigenvalue weighted by Crippen LogP contribution is 2.44. The van der Waals surface area contributed by atoms with Crippen LogP contribution in [-0.4, -0.2) is 5.91 Å². The van der Waals surface area contributed by atoms with Crippen LogP contribution in [0.3, 0.4) is 0 Å². The molecule has 136 valence electrons. The number of ether oxygens (including phenoxy) is 1. The van der Waals surface area contributed by atoms with Gasteiger partial charge in [-0.15, -0.1) is 0 Å². The van der Waals surface area contributed by atoms with Gasteiger partial charge in [0.1, 0.15) is 11.5 Å². The lowest BCUT2D eigenvalue weighted by Gasteiger charge is -2.28. The first-order valence-electron chi connectivity index (χ1n) is 8.65. The molecule has 5 heteroatoms. The van der Waals surface area contributed by atoms with E-state index >= 15 is 0 Å². The smallest absolute Gasteiger partial charge is 0.232 e. The first-order valence-corrected chi connectivity index (χ1v) is 9.41. The number of para-hydroxylation sites is 2. The summed E-state index contributed by atoms with van der Waals surface area (Å²) in [5, 5.41) is 4.18. The lowest BCUT2D eigenvalue weighted by Crippen LogP contribution is -2.33. The molecule has 1 aliphatic rings. The number of benzene rings is 3. The third kappa shape index (κ3) is 3.41. The van der Waals surface area contributed by atoms with E-state index in [4.69, 9.17) is 27.9 Å². The SMILES string of the molecule is C[C@H](NC(=O)C1c2ccccc2Oc2ccccc21)c1ccc(Cl)cc1Cl. The Balaban J connectivity index is 1.67. The maximum absolute atomic E-state index is 13.2. The van der Waals surface area contributed by atoms with Crippen molar-refractivity contribution < 1.29 is 9.53 Å². The number of carbonyl (C=O) groups is 1. The first kappa shape index (κ1) is 17.9. The molecule has 0 bridgehead atoms. The zero-order chi connectivity index (χ0) is 19.0. The molecule has 1 atom stereocenters. The van der Waals surface area contributed by atoms with Gasteiger partial charge < -0.3 is 10.1 Å². The molecule has 3 aromatic carbocycles. The Morgan fingerprint density at radius 1 is 0.963 bits per heavy atom. The molecular weight excluding hydrogens is 381 g/mol. The van der Waals surface area contributed by atoms with Gasteiger partial charge in [0, 0.05) is 21.2 Å². The largest absolute Gasteiger partial charge is 0.457 e. The van der Waals surface area contributed by atoms with E-state index in [1.165, 1.54) is 0 Å². The molecule has 1 amide bonds. The Labute approximate surface area is 167 Å². The van der Waals surface area contributed by atoms with Crippen LogP contribution < -0.4 is 10.1 Å². The summed E-state index contributed by atoms with van der Waals surface area (Å²) in [6.45, 7) is 1.91. The number of halogens is 2. The maximum Gasteiger partial charge on any atom is 0.232 e. The topological polar surface area (TPSA) is 38.3 Å². The molecular formula is C22H17Cl2NO2. The molecule has 3 nitrogen and oxygen atoms in total. The molecule has 0 aliphatic carbocycles. The molecule has 1 aliphatic heterocycles. The zero-order valence-corrected chi connectivity index (χ0v) is 16.1. The zero-order valence-electron chi connectivity index (χ0n) is 14.6. The number of carbonyl (C=O) groups excluding carboxylic acids is 1. The minimum Gasteiger partial charge on any atom is -0.457 e. The Hall–Kier alpha value is -2.49. The highest BCUT2D eigenvalue weighted by atomic mass is 35.5. The van der Waals surface area contributed by atoms with E-state index in [1.807, 2.05) is 61.5 Å². The molecule has 27 heavy (non-hydrogen) atoms. The molecule has 1 N–H and O–H groups in total. The normalized spacial score (nSPS) is 13.9. The second kappa shape index (κ2) is 7.26. The fourth-order valence-electron chi connectivity index (χ4n) is 3.42. The van der Waals surface area contributed by atoms with Gasteiger partial charge in [-0.25, -0.2) is 0 Å². The Morgan fingerprint density at radius 2 is 1.56 bits per heavy atom. The molecule has 4 rings (SSSR count). The summed E-state index contributed by atoms with van der Waals surface area (Å²) in [5.41, 5.74) is 2.52. The van der Waals surface area contributed by atoms with Crippen molar-refractivity contribution in [1.82, 2.24) is 5.32 Å². The third-order valence-electron chi connectivity index (χ3n) is 4.73. The van der Waals surface area contributed by atoms with E-state index in [0.29, 0.717) is 21.5 Å². The summed E-state index contributed by atoms with van der Waals surface area (Å²) >= 11 is 12.3. The summed E-state index contributed by atoms with van der Waals surface area (Å²) in [5.74, 6) is 0.860. The van der Waals surface area contributed by atoms with E-state index in [2.05, 4.69) is 5.32 Å². The van der Waals surface area contributed by atoms with Crippen LogP contribution in [0.2, 0.25) is 10.0 Å². The van der Waals surface area contributed by atoms with Crippen LogP contribution in [0, 0.1) is 0 Å². The number of nitrogens with one attached hydrogen (secondary N) is 1. The quantitative estimate of drug-likeness (QED) is 0.578. The Morgan fingerprint density at radius 3 is 2.15 bits per heavy atom. The predicted octanol–water partition coefficient (Wildman–Crippen LogP) is 6.11. The molecule has 0 unspecified atom stereocenters. The standard InChI is InChI=1S/C22H17Cl2NO2/c1-13(15-11-10-14(23)12-18(15)24)25-22(26)21-16-6-2-4-8-19(16)27-20-9-5-3-7-17(20)21/h2-13,21H,1H3,(H,25,26)/t13-/m0/s1. The second-order valence-electron chi connectivity index (χ2n) is 6.51. The minimum atomic E-state index is -0.445. The van der Waals surface area contributed by atoms with Gasteiger partial charge in [0.05, 0.1) is 12.0 Å². The van der Waals surface area contributed by atoms with Crippen molar-refractivity contribution in [2.45, 2.75) is 18.9 Å². The van der Waals surface area contributed by atoms with Gasteiger partial charge in [0.25, 0.3) is 0 Å². The second-order valence-corrected chi connectivity index (χ2v) is 7.35. The molecule has 0 radical (unpaired) electrons. The minimum absolute atomic E-state index is 0.100. The van der Waals surface area contributed by atoms with Gasteiger partial charge in [-0.05, 0) is 36.8 Å². The van der Waals surface area contributed by atoms with Crippen LogP contribution in [0.4, 0.5) is 0 Å². The van der Waals surface area contributed by atoms with Crippen LogP contribution in [0.15, 0.2) is 66.7 Å². The van der Waals surface area contributed by atoms with Gasteiger partial charge in [-0.2, -0.15) is 0 Å². The summed E-state index contributed by atoms with van der Waals surface area (Å²) in [4.78, 5) is 13.2. The third-order valence-corrected chi connectivity index (χ3v) is 5.29. The summed E-state index contributed by atoms with van der Waals surface area (Å²) in [6.07, 6.45) is 0. The predicted molar refractivity (Wildman–Crippen MR) is 108 cm³/mol. The molecule has 0 fully saturated rings. The lowest BCUT2D eigenvalue weighted by molar-refractivity contribution is -0.122. The number of fused-ring (bicyclic) bond motifs is 2. The summed E-state index contributed by atoms with van der Waals surface area (Å²) in [6, 6.07) is 20.3. The molecule has 0 spiro atoms. The maximum atomic E-state index is 13.2. The number of hydrogen-bond donors (Lipinski definition) is 1. The van der Waals surface area contributed by atoms with Crippen LogP contribution >= 0.6 is 23.2 Å². The van der Waals surface area contributed by atoms with Crippen molar-refractivity contribution in [2.75, 3.05) is 0 Å². The average Bonchev–Trinajstić information content (AvgIpc) is 2.65. The van der Waals surface area contributed by atoms with Crippen LogP contribution in [0.25, 0.3) is 0 Å². The molecule has 0 saturated carbocycles. The van der Waals surface area contributed by atoms with Gasteiger partial charge in [-0.3, -0.25) is 4.79 Å². The first-order chi connectivity index (χ1) is 13.0. The highest BCUT2D eigenvalue weighted by Gasteiger charge is 2.33. The molecule has 0 aromatic heterocycles. The van der Waals surface area contributed by atoms with E-state index in [9.17, 15) is 4.79 Å². The summed E-state index contributed by atoms with van der Waals surface area (Å²) in [7, 11) is 0. The molecule has 1 heterocycles. The highest BCUT2D eigenvalue weighted by molar-refractivity contribution is 6.35. The van der Waals surface area contributed by atoms with Gasteiger partial charge in [0.2, 0.25) is 5.91 Å². The summed E-state index contributed by atoms with van der Waals surface area (Å²) < 4.78 is 5.96. The van der Waals surface area contributed by atoms with Crippen molar-refractivity contribution in [3.63, 3.8) is 0 Å². The van der Waals surface area contributed by atoms with Crippen LogP contribution in [0.1, 0.15) is 35.6 Å². The van der Waals surface area contributed by atoms with E-state index in [-0.39, 0.29) is 11.9 Å². The lowest BCUT2D eigenvalue weighted by atomic mass is 9.87. The van der Waals surface area contributed by atoms with E-state index < -0.39 is 5.92 Å². The number of rotatable bonds is 3. The molecule has 3 aromatic rings. The average molecular weight is 398 g/mol. The van der Waals surface area contributed by atoms with Crippen LogP contribution in [0.5, 0.6) is 11.5 Å². The van der Waals surface area contributed by atoms with Crippen molar-refractivity contribution in [3.05, 3.63) is 93.5 Å². The Bertz CT molecular complexity index is 973. The fourth-order valence-corrected chi connectivity index (χ4v) is 3.99. The van der Waals surface area contributed by atoms with Crippen molar-refractivity contribution in [1.29, 1.82) is 0 Å². The van der Waals surface area contributed by atoms with Crippen molar-refractivity contribution >= 4 is 29.1 Å². The molecule has 0 saturated heterocycles. The Kier molecular flexibility index (Phi) is 4.81. The monoisotopic (exact) mass is 397 g/mol. The number of amides is 1. The number of hydrogen-bond acceptors (Lipinski definition) is 2. The van der Waals surface area contributed by atoms with E-state index in [0.717, 1.165) is 16.7 Å². The van der Waals surface area contributed by atoms with Crippen LogP contribution in [-0.2, 0) is 4.79 Å². The van der Waals surface area contributed by atoms with Gasteiger partial charge >= 0.3 is 0 Å². The fraction of sp³-hybridized carbons (Fsp3) is 0.136. The van der Waals surface area contributed by atoms with Gasteiger partial charge in [-0.1, -0.05) is 65.7 Å². The van der Waals surface area contributed by atoms with Crippen molar-refractivity contribution in [2.24, 2.45) is 0 Å². The van der Waals surface area contributed by atoms with Gasteiger partial charge in [0.15, 0.2) is 0 Å².